The van der Waals surface area contributed by atoms with Gasteiger partial charge in [0, 0.05) is 18.7 Å². The van der Waals surface area contributed by atoms with E-state index in [-0.39, 0.29) is 18.8 Å². The van der Waals surface area contributed by atoms with Crippen molar-refractivity contribution < 1.29 is 14.9 Å². The molecule has 0 aliphatic heterocycles. The molecule has 0 saturated heterocycles. The molecular weight excluding hydrogens is 254 g/mol. The largest absolute Gasteiger partial charge is 0.491 e. The summed E-state index contributed by atoms with van der Waals surface area (Å²) in [5.41, 5.74) is 2.09. The lowest BCUT2D eigenvalue weighted by Gasteiger charge is -2.23. The Labute approximate surface area is 121 Å². The van der Waals surface area contributed by atoms with Crippen molar-refractivity contribution in [1.82, 2.24) is 5.32 Å². The SMILES string of the molecule is Cc1ccc(OCC(O)CNC(C)(C)C)c(CCO)c1. The molecule has 0 saturated carbocycles. The molecule has 4 nitrogen and oxygen atoms in total. The fourth-order valence-corrected chi connectivity index (χ4v) is 1.83. The maximum Gasteiger partial charge on any atom is 0.122 e. The van der Waals surface area contributed by atoms with E-state index in [1.165, 1.54) is 0 Å². The molecule has 1 aromatic rings. The Kier molecular flexibility index (Phi) is 6.46. The van der Waals surface area contributed by atoms with Gasteiger partial charge in [0.25, 0.3) is 0 Å². The standard InChI is InChI=1S/C16H27NO3/c1-12-5-6-15(13(9-12)7-8-18)20-11-14(19)10-17-16(2,3)4/h5-6,9,14,17-19H,7-8,10-11H2,1-4H3. The van der Waals surface area contributed by atoms with E-state index in [4.69, 9.17) is 9.84 Å². The van der Waals surface area contributed by atoms with Crippen molar-refractivity contribution in [3.63, 3.8) is 0 Å². The summed E-state index contributed by atoms with van der Waals surface area (Å²) in [7, 11) is 0. The maximum atomic E-state index is 9.91. The van der Waals surface area contributed by atoms with E-state index in [0.717, 1.165) is 16.9 Å². The molecule has 0 radical (unpaired) electrons. The number of benzene rings is 1. The molecule has 0 fully saturated rings. The normalized spacial score (nSPS) is 13.3. The van der Waals surface area contributed by atoms with E-state index in [2.05, 4.69) is 26.1 Å². The minimum absolute atomic E-state index is 0.0209. The number of hydrogen-bond acceptors (Lipinski definition) is 4. The van der Waals surface area contributed by atoms with Crippen LogP contribution in [0, 0.1) is 6.92 Å². The molecule has 0 aliphatic carbocycles. The third kappa shape index (κ3) is 6.37. The van der Waals surface area contributed by atoms with Crippen LogP contribution in [-0.4, -0.2) is 41.6 Å². The predicted octanol–water partition coefficient (Wildman–Crippen LogP) is 1.66. The molecule has 4 heteroatoms. The van der Waals surface area contributed by atoms with Crippen LogP contribution in [0.1, 0.15) is 31.9 Å². The van der Waals surface area contributed by atoms with Crippen molar-refractivity contribution in [2.75, 3.05) is 19.8 Å². The number of hydrogen-bond donors (Lipinski definition) is 3. The Morgan fingerprint density at radius 1 is 1.30 bits per heavy atom. The Morgan fingerprint density at radius 3 is 2.60 bits per heavy atom. The molecule has 3 N–H and O–H groups in total. The Hall–Kier alpha value is -1.10. The van der Waals surface area contributed by atoms with Crippen LogP contribution in [0.4, 0.5) is 0 Å². The first-order valence-electron chi connectivity index (χ1n) is 7.08. The van der Waals surface area contributed by atoms with Crippen LogP contribution in [0.15, 0.2) is 18.2 Å². The van der Waals surface area contributed by atoms with Gasteiger partial charge in [0.15, 0.2) is 0 Å². The first-order chi connectivity index (χ1) is 9.31. The molecule has 0 aliphatic rings. The highest BCUT2D eigenvalue weighted by atomic mass is 16.5. The zero-order valence-electron chi connectivity index (χ0n) is 12.9. The number of rotatable bonds is 7. The van der Waals surface area contributed by atoms with Gasteiger partial charge in [-0.1, -0.05) is 17.7 Å². The van der Waals surface area contributed by atoms with Crippen LogP contribution in [0.25, 0.3) is 0 Å². The third-order valence-electron chi connectivity index (χ3n) is 2.90. The number of ether oxygens (including phenoxy) is 1. The smallest absolute Gasteiger partial charge is 0.122 e. The average Bonchev–Trinajstić information content (AvgIpc) is 2.35. The highest BCUT2D eigenvalue weighted by Crippen LogP contribution is 2.20. The summed E-state index contributed by atoms with van der Waals surface area (Å²) < 4.78 is 5.67. The van der Waals surface area contributed by atoms with Crippen molar-refractivity contribution in [3.8, 4) is 5.75 Å². The quantitative estimate of drug-likeness (QED) is 0.711. The fraction of sp³-hybridized carbons (Fsp3) is 0.625. The van der Waals surface area contributed by atoms with Crippen molar-refractivity contribution in [1.29, 1.82) is 0 Å². The number of nitrogens with one attached hydrogen (secondary N) is 1. The highest BCUT2D eigenvalue weighted by Gasteiger charge is 2.13. The molecule has 1 aromatic carbocycles. The first kappa shape index (κ1) is 17.0. The molecule has 0 amide bonds. The van der Waals surface area contributed by atoms with Gasteiger partial charge in [0.2, 0.25) is 0 Å². The lowest BCUT2D eigenvalue weighted by atomic mass is 10.1. The molecule has 0 bridgehead atoms. The second-order valence-corrected chi connectivity index (χ2v) is 6.18. The van der Waals surface area contributed by atoms with Crippen molar-refractivity contribution in [2.24, 2.45) is 0 Å². The second kappa shape index (κ2) is 7.62. The number of aliphatic hydroxyl groups is 2. The average molecular weight is 281 g/mol. The first-order valence-corrected chi connectivity index (χ1v) is 7.08. The van der Waals surface area contributed by atoms with Gasteiger partial charge in [-0.25, -0.2) is 0 Å². The number of β-amino-alcohol motifs (C(OH)–C–C–N with tert-alkyl or cyclic N) is 1. The van der Waals surface area contributed by atoms with Crippen molar-refractivity contribution in [2.45, 2.75) is 45.8 Å². The molecular formula is C16H27NO3. The summed E-state index contributed by atoms with van der Waals surface area (Å²) in [6.45, 7) is 9.00. The number of aryl methyl sites for hydroxylation is 1. The molecule has 0 heterocycles. The summed E-state index contributed by atoms with van der Waals surface area (Å²) in [6.07, 6.45) is 0.00498. The minimum atomic E-state index is -0.558. The molecule has 20 heavy (non-hydrogen) atoms. The molecule has 114 valence electrons. The van der Waals surface area contributed by atoms with E-state index in [1.807, 2.05) is 25.1 Å². The van der Waals surface area contributed by atoms with E-state index >= 15 is 0 Å². The molecule has 1 rings (SSSR count). The van der Waals surface area contributed by atoms with Gasteiger partial charge >= 0.3 is 0 Å². The van der Waals surface area contributed by atoms with E-state index in [1.54, 1.807) is 0 Å². The van der Waals surface area contributed by atoms with Crippen molar-refractivity contribution >= 4 is 0 Å². The van der Waals surface area contributed by atoms with Crippen LogP contribution >= 0.6 is 0 Å². The maximum absolute atomic E-state index is 9.91. The Bertz CT molecular complexity index is 413. The summed E-state index contributed by atoms with van der Waals surface area (Å²) in [4.78, 5) is 0. The summed E-state index contributed by atoms with van der Waals surface area (Å²) >= 11 is 0. The van der Waals surface area contributed by atoms with Gasteiger partial charge in [-0.2, -0.15) is 0 Å². The van der Waals surface area contributed by atoms with Crippen LogP contribution in [0.5, 0.6) is 5.75 Å². The lowest BCUT2D eigenvalue weighted by molar-refractivity contribution is 0.0994. The van der Waals surface area contributed by atoms with Crippen LogP contribution in [0.2, 0.25) is 0 Å². The molecule has 0 aromatic heterocycles. The van der Waals surface area contributed by atoms with Crippen LogP contribution in [-0.2, 0) is 6.42 Å². The fourth-order valence-electron chi connectivity index (χ4n) is 1.83. The molecule has 1 atom stereocenters. The van der Waals surface area contributed by atoms with E-state index < -0.39 is 6.10 Å². The number of aliphatic hydroxyl groups excluding tert-OH is 2. The zero-order chi connectivity index (χ0) is 15.2. The molecule has 1 unspecified atom stereocenters. The highest BCUT2D eigenvalue weighted by molar-refractivity contribution is 5.37. The summed E-state index contributed by atoms with van der Waals surface area (Å²) in [6, 6.07) is 5.87. The van der Waals surface area contributed by atoms with Crippen molar-refractivity contribution in [3.05, 3.63) is 29.3 Å². The zero-order valence-corrected chi connectivity index (χ0v) is 12.9. The molecule has 0 spiro atoms. The van der Waals surface area contributed by atoms with Crippen LogP contribution in [0.3, 0.4) is 0 Å². The second-order valence-electron chi connectivity index (χ2n) is 6.18. The topological polar surface area (TPSA) is 61.7 Å². The van der Waals surface area contributed by atoms with Gasteiger partial charge in [-0.05, 0) is 45.7 Å². The predicted molar refractivity (Wildman–Crippen MR) is 81.2 cm³/mol. The monoisotopic (exact) mass is 281 g/mol. The third-order valence-corrected chi connectivity index (χ3v) is 2.90. The Balaban J connectivity index is 2.52. The van der Waals surface area contributed by atoms with E-state index in [0.29, 0.717) is 13.0 Å². The Morgan fingerprint density at radius 2 is 2.00 bits per heavy atom. The van der Waals surface area contributed by atoms with Gasteiger partial charge in [0.05, 0.1) is 0 Å². The summed E-state index contributed by atoms with van der Waals surface area (Å²) in [5, 5.41) is 22.2. The van der Waals surface area contributed by atoms with Gasteiger partial charge in [0.1, 0.15) is 18.5 Å². The minimum Gasteiger partial charge on any atom is -0.491 e. The van der Waals surface area contributed by atoms with Gasteiger partial charge in [-0.15, -0.1) is 0 Å². The van der Waals surface area contributed by atoms with E-state index in [9.17, 15) is 5.11 Å². The van der Waals surface area contributed by atoms with Gasteiger partial charge in [-0.3, -0.25) is 0 Å². The summed E-state index contributed by atoms with van der Waals surface area (Å²) in [5.74, 6) is 0.736. The van der Waals surface area contributed by atoms with Gasteiger partial charge < -0.3 is 20.3 Å². The van der Waals surface area contributed by atoms with Crippen LogP contribution < -0.4 is 10.1 Å². The lowest BCUT2D eigenvalue weighted by Crippen LogP contribution is -2.42.